The summed E-state index contributed by atoms with van der Waals surface area (Å²) in [5.41, 5.74) is 2.44. The highest BCUT2D eigenvalue weighted by atomic mass is 32.2. The number of ether oxygens (including phenoxy) is 1. The number of aryl methyl sites for hydroxylation is 1. The van der Waals surface area contributed by atoms with E-state index in [1.54, 1.807) is 29.3 Å². The van der Waals surface area contributed by atoms with E-state index in [0.717, 1.165) is 36.8 Å². The van der Waals surface area contributed by atoms with Crippen molar-refractivity contribution in [1.29, 1.82) is 0 Å². The van der Waals surface area contributed by atoms with E-state index in [-0.39, 0.29) is 29.0 Å². The molecular formula is C26H25N3O3S2. The monoisotopic (exact) mass is 491 g/mol. The SMILES string of the molecule is Cc1cccc(Oc2nc3ccccn3c(=O)c2/C=C2/SC(=S)N(C3CCCCC3)C2=O)c1C. The van der Waals surface area contributed by atoms with Gasteiger partial charge in [0.05, 0.1) is 4.91 Å². The number of hydrogen-bond donors (Lipinski definition) is 0. The van der Waals surface area contributed by atoms with Gasteiger partial charge in [-0.2, -0.15) is 4.98 Å². The molecule has 0 bridgehead atoms. The molecule has 1 aliphatic heterocycles. The van der Waals surface area contributed by atoms with Crippen LogP contribution in [0.4, 0.5) is 0 Å². The van der Waals surface area contributed by atoms with E-state index in [1.165, 1.54) is 22.6 Å². The first kappa shape index (κ1) is 22.8. The second-order valence-corrected chi connectivity index (χ2v) is 10.4. The minimum absolute atomic E-state index is 0.133. The van der Waals surface area contributed by atoms with Crippen molar-refractivity contribution < 1.29 is 9.53 Å². The van der Waals surface area contributed by atoms with Crippen LogP contribution >= 0.6 is 24.0 Å². The summed E-state index contributed by atoms with van der Waals surface area (Å²) in [7, 11) is 0. The molecule has 2 aromatic heterocycles. The van der Waals surface area contributed by atoms with Crippen molar-refractivity contribution in [3.63, 3.8) is 0 Å². The molecule has 174 valence electrons. The lowest BCUT2D eigenvalue weighted by atomic mass is 9.94. The lowest BCUT2D eigenvalue weighted by Crippen LogP contribution is -2.39. The average Bonchev–Trinajstić information content (AvgIpc) is 3.12. The summed E-state index contributed by atoms with van der Waals surface area (Å²) in [6.07, 6.45) is 8.57. The molecule has 2 fully saturated rings. The summed E-state index contributed by atoms with van der Waals surface area (Å²) in [6.45, 7) is 3.97. The number of thiocarbonyl (C=S) groups is 1. The summed E-state index contributed by atoms with van der Waals surface area (Å²) in [4.78, 5) is 33.6. The number of hydrogen-bond acceptors (Lipinski definition) is 6. The number of amides is 1. The minimum Gasteiger partial charge on any atom is -0.438 e. The number of fused-ring (bicyclic) bond motifs is 1. The third-order valence-electron chi connectivity index (χ3n) is 6.53. The number of thioether (sulfide) groups is 1. The van der Waals surface area contributed by atoms with Crippen molar-refractivity contribution in [3.05, 3.63) is 74.5 Å². The molecule has 0 unspecified atom stereocenters. The quantitative estimate of drug-likeness (QED) is 0.348. The van der Waals surface area contributed by atoms with Crippen molar-refractivity contribution in [2.24, 2.45) is 0 Å². The Hall–Kier alpha value is -2.97. The molecule has 5 rings (SSSR count). The van der Waals surface area contributed by atoms with Crippen LogP contribution in [0, 0.1) is 13.8 Å². The van der Waals surface area contributed by atoms with Gasteiger partial charge in [0.25, 0.3) is 11.5 Å². The molecule has 3 heterocycles. The van der Waals surface area contributed by atoms with Gasteiger partial charge >= 0.3 is 0 Å². The second kappa shape index (κ2) is 9.35. The van der Waals surface area contributed by atoms with Gasteiger partial charge in [-0.25, -0.2) is 0 Å². The molecule has 0 atom stereocenters. The van der Waals surface area contributed by atoms with E-state index in [9.17, 15) is 9.59 Å². The van der Waals surface area contributed by atoms with Gasteiger partial charge in [0, 0.05) is 12.2 Å². The second-order valence-electron chi connectivity index (χ2n) is 8.71. The van der Waals surface area contributed by atoms with E-state index in [0.29, 0.717) is 20.6 Å². The summed E-state index contributed by atoms with van der Waals surface area (Å²) in [6, 6.07) is 11.2. The predicted molar refractivity (Wildman–Crippen MR) is 139 cm³/mol. The molecule has 8 heteroatoms. The van der Waals surface area contributed by atoms with E-state index in [1.807, 2.05) is 38.1 Å². The Bertz CT molecular complexity index is 1390. The first-order valence-electron chi connectivity index (χ1n) is 11.5. The van der Waals surface area contributed by atoms with E-state index in [4.69, 9.17) is 17.0 Å². The highest BCUT2D eigenvalue weighted by molar-refractivity contribution is 8.26. The highest BCUT2D eigenvalue weighted by Crippen LogP contribution is 2.38. The normalized spacial score (nSPS) is 18.3. The van der Waals surface area contributed by atoms with Crippen molar-refractivity contribution in [1.82, 2.24) is 14.3 Å². The molecule has 3 aromatic rings. The summed E-state index contributed by atoms with van der Waals surface area (Å²) >= 11 is 6.81. The third kappa shape index (κ3) is 4.16. The number of benzene rings is 1. The largest absolute Gasteiger partial charge is 0.438 e. The lowest BCUT2D eigenvalue weighted by molar-refractivity contribution is -0.124. The van der Waals surface area contributed by atoms with Crippen LogP contribution in [-0.2, 0) is 4.79 Å². The summed E-state index contributed by atoms with van der Waals surface area (Å²) in [5.74, 6) is 0.654. The maximum atomic E-state index is 13.5. The van der Waals surface area contributed by atoms with Crippen LogP contribution in [0.3, 0.4) is 0 Å². The standard InChI is InChI=1S/C26H25N3O3S2/c1-16-9-8-12-20(17(16)2)32-23-19(24(30)28-14-7-6-13-22(28)27-23)15-21-25(31)29(26(33)34-21)18-10-4-3-5-11-18/h6-9,12-15,18H,3-5,10-11H2,1-2H3/b21-15+. The molecule has 0 radical (unpaired) electrons. The average molecular weight is 492 g/mol. The van der Waals surface area contributed by atoms with Gasteiger partial charge in [-0.15, -0.1) is 0 Å². The maximum absolute atomic E-state index is 13.5. The first-order chi connectivity index (χ1) is 16.4. The molecule has 1 saturated carbocycles. The molecule has 6 nitrogen and oxygen atoms in total. The first-order valence-corrected chi connectivity index (χ1v) is 12.7. The zero-order valence-corrected chi connectivity index (χ0v) is 20.7. The molecule has 2 aliphatic rings. The van der Waals surface area contributed by atoms with Crippen molar-refractivity contribution in [2.45, 2.75) is 52.0 Å². The van der Waals surface area contributed by atoms with Gasteiger partial charge in [-0.1, -0.05) is 61.4 Å². The minimum atomic E-state index is -0.297. The van der Waals surface area contributed by atoms with Crippen LogP contribution in [0.25, 0.3) is 11.7 Å². The van der Waals surface area contributed by atoms with Crippen LogP contribution < -0.4 is 10.3 Å². The fourth-order valence-electron chi connectivity index (χ4n) is 4.49. The molecule has 1 amide bonds. The van der Waals surface area contributed by atoms with Crippen LogP contribution in [0.2, 0.25) is 0 Å². The highest BCUT2D eigenvalue weighted by Gasteiger charge is 2.38. The topological polar surface area (TPSA) is 63.9 Å². The van der Waals surface area contributed by atoms with Crippen molar-refractivity contribution in [2.75, 3.05) is 0 Å². The van der Waals surface area contributed by atoms with E-state index < -0.39 is 0 Å². The van der Waals surface area contributed by atoms with Crippen LogP contribution in [0.5, 0.6) is 11.6 Å². The molecule has 34 heavy (non-hydrogen) atoms. The number of nitrogens with zero attached hydrogens (tertiary/aromatic N) is 3. The Labute approximate surface area is 207 Å². The van der Waals surface area contributed by atoms with Gasteiger partial charge in [-0.05, 0) is 62.1 Å². The van der Waals surface area contributed by atoms with Crippen molar-refractivity contribution >= 4 is 45.9 Å². The van der Waals surface area contributed by atoms with Gasteiger partial charge in [0.15, 0.2) is 0 Å². The molecule has 1 aromatic carbocycles. The Morgan fingerprint density at radius 2 is 1.88 bits per heavy atom. The van der Waals surface area contributed by atoms with Crippen LogP contribution in [0.1, 0.15) is 48.8 Å². The Morgan fingerprint density at radius 1 is 1.09 bits per heavy atom. The Kier molecular flexibility index (Phi) is 6.27. The smallest absolute Gasteiger partial charge is 0.269 e. The van der Waals surface area contributed by atoms with E-state index in [2.05, 4.69) is 4.98 Å². The maximum Gasteiger partial charge on any atom is 0.269 e. The van der Waals surface area contributed by atoms with Gasteiger partial charge in [0.1, 0.15) is 21.3 Å². The Balaban J connectivity index is 1.60. The zero-order valence-electron chi connectivity index (χ0n) is 19.1. The van der Waals surface area contributed by atoms with Gasteiger partial charge < -0.3 is 4.74 Å². The lowest BCUT2D eigenvalue weighted by Gasteiger charge is -2.29. The number of pyridine rings is 1. The molecule has 0 N–H and O–H groups in total. The molecule has 1 saturated heterocycles. The zero-order chi connectivity index (χ0) is 23.8. The summed E-state index contributed by atoms with van der Waals surface area (Å²) < 4.78 is 8.20. The number of rotatable bonds is 4. The Morgan fingerprint density at radius 3 is 2.68 bits per heavy atom. The summed E-state index contributed by atoms with van der Waals surface area (Å²) in [5, 5.41) is 0. The molecule has 0 spiro atoms. The third-order valence-corrected chi connectivity index (χ3v) is 7.86. The molecular weight excluding hydrogens is 466 g/mol. The van der Waals surface area contributed by atoms with Crippen molar-refractivity contribution in [3.8, 4) is 11.6 Å². The number of carbonyl (C=O) groups is 1. The number of carbonyl (C=O) groups excluding carboxylic acids is 1. The fourth-order valence-corrected chi connectivity index (χ4v) is 5.87. The van der Waals surface area contributed by atoms with Gasteiger partial charge in [0.2, 0.25) is 5.88 Å². The van der Waals surface area contributed by atoms with Gasteiger partial charge in [-0.3, -0.25) is 18.9 Å². The van der Waals surface area contributed by atoms with Crippen LogP contribution in [-0.4, -0.2) is 30.6 Å². The van der Waals surface area contributed by atoms with Crippen LogP contribution in [0.15, 0.2) is 52.3 Å². The van der Waals surface area contributed by atoms with E-state index >= 15 is 0 Å². The number of aromatic nitrogens is 2. The molecule has 1 aliphatic carbocycles. The fraction of sp³-hybridized carbons (Fsp3) is 0.308. The predicted octanol–water partition coefficient (Wildman–Crippen LogP) is 5.64.